The van der Waals surface area contributed by atoms with Crippen LogP contribution >= 0.6 is 11.8 Å². The molecule has 0 bridgehead atoms. The van der Waals surface area contributed by atoms with Crippen LogP contribution in [0.15, 0.2) is 28.8 Å². The molecule has 0 fully saturated rings. The number of rotatable bonds is 5. The number of aryl methyl sites for hydroxylation is 2. The van der Waals surface area contributed by atoms with E-state index >= 15 is 0 Å². The van der Waals surface area contributed by atoms with Crippen LogP contribution in [-0.4, -0.2) is 29.5 Å². The Kier molecular flexibility index (Phi) is 4.91. The standard InChI is InChI=1S/C17H20N2O3S/c1-11-15(12(2)22-19-11)9-23-10-17(20)18-14-7-13-5-3-4-6-16(13)21-8-14/h3-6,14H,7-10H2,1-2H3,(H,18,20). The predicted molar refractivity (Wildman–Crippen MR) is 89.7 cm³/mol. The van der Waals surface area contributed by atoms with E-state index in [0.717, 1.165) is 40.5 Å². The molecule has 1 aromatic heterocycles. The molecule has 1 atom stereocenters. The van der Waals surface area contributed by atoms with Crippen LogP contribution in [0.5, 0.6) is 5.75 Å². The molecule has 1 N–H and O–H groups in total. The van der Waals surface area contributed by atoms with Gasteiger partial charge in [-0.3, -0.25) is 4.79 Å². The summed E-state index contributed by atoms with van der Waals surface area (Å²) in [5.74, 6) is 2.94. The van der Waals surface area contributed by atoms with Gasteiger partial charge in [-0.15, -0.1) is 11.8 Å². The fourth-order valence-corrected chi connectivity index (χ4v) is 3.63. The van der Waals surface area contributed by atoms with Crippen LogP contribution < -0.4 is 10.1 Å². The Morgan fingerprint density at radius 3 is 3.00 bits per heavy atom. The number of para-hydroxylation sites is 1. The zero-order chi connectivity index (χ0) is 16.2. The van der Waals surface area contributed by atoms with Crippen LogP contribution in [0, 0.1) is 13.8 Å². The molecular formula is C17H20N2O3S. The lowest BCUT2D eigenvalue weighted by molar-refractivity contribution is -0.119. The molecule has 122 valence electrons. The molecule has 0 saturated carbocycles. The monoisotopic (exact) mass is 332 g/mol. The molecule has 2 aromatic rings. The third-order valence-corrected chi connectivity index (χ3v) is 4.86. The second kappa shape index (κ2) is 7.08. The van der Waals surface area contributed by atoms with Crippen molar-refractivity contribution in [1.82, 2.24) is 10.5 Å². The molecule has 23 heavy (non-hydrogen) atoms. The van der Waals surface area contributed by atoms with E-state index in [1.54, 1.807) is 11.8 Å². The summed E-state index contributed by atoms with van der Waals surface area (Å²) in [7, 11) is 0. The van der Waals surface area contributed by atoms with Crippen molar-refractivity contribution in [2.75, 3.05) is 12.4 Å². The minimum absolute atomic E-state index is 0.0368. The number of ether oxygens (including phenoxy) is 1. The largest absolute Gasteiger partial charge is 0.491 e. The van der Waals surface area contributed by atoms with Gasteiger partial charge in [0, 0.05) is 11.3 Å². The van der Waals surface area contributed by atoms with E-state index < -0.39 is 0 Å². The second-order valence-electron chi connectivity index (χ2n) is 5.68. The van der Waals surface area contributed by atoms with Crippen molar-refractivity contribution in [2.24, 2.45) is 0 Å². The molecular weight excluding hydrogens is 312 g/mol. The van der Waals surface area contributed by atoms with Crippen molar-refractivity contribution in [3.63, 3.8) is 0 Å². The van der Waals surface area contributed by atoms with Crippen molar-refractivity contribution in [3.05, 3.63) is 46.8 Å². The summed E-state index contributed by atoms with van der Waals surface area (Å²) >= 11 is 1.57. The zero-order valence-electron chi connectivity index (χ0n) is 13.3. The van der Waals surface area contributed by atoms with Gasteiger partial charge in [0.25, 0.3) is 0 Å². The first kappa shape index (κ1) is 15.9. The molecule has 3 rings (SSSR count). The van der Waals surface area contributed by atoms with Crippen molar-refractivity contribution in [1.29, 1.82) is 0 Å². The van der Waals surface area contributed by atoms with Gasteiger partial charge in [0.15, 0.2) is 0 Å². The molecule has 2 heterocycles. The molecule has 1 aromatic carbocycles. The van der Waals surface area contributed by atoms with Gasteiger partial charge in [-0.05, 0) is 31.9 Å². The van der Waals surface area contributed by atoms with Crippen molar-refractivity contribution < 1.29 is 14.1 Å². The maximum atomic E-state index is 12.1. The van der Waals surface area contributed by atoms with E-state index in [9.17, 15) is 4.79 Å². The highest BCUT2D eigenvalue weighted by molar-refractivity contribution is 7.99. The van der Waals surface area contributed by atoms with Gasteiger partial charge < -0.3 is 14.6 Å². The summed E-state index contributed by atoms with van der Waals surface area (Å²) in [6.45, 7) is 4.34. The Balaban J connectivity index is 1.45. The highest BCUT2D eigenvalue weighted by Gasteiger charge is 2.21. The molecule has 0 aliphatic carbocycles. The van der Waals surface area contributed by atoms with Crippen molar-refractivity contribution in [2.45, 2.75) is 32.1 Å². The molecule has 1 aliphatic rings. The van der Waals surface area contributed by atoms with Gasteiger partial charge in [-0.2, -0.15) is 0 Å². The molecule has 0 radical (unpaired) electrons. The van der Waals surface area contributed by atoms with Crippen molar-refractivity contribution >= 4 is 17.7 Å². The number of benzene rings is 1. The van der Waals surface area contributed by atoms with E-state index in [1.807, 2.05) is 38.1 Å². The van der Waals surface area contributed by atoms with Crippen molar-refractivity contribution in [3.8, 4) is 5.75 Å². The number of amides is 1. The molecule has 1 aliphatic heterocycles. The Bertz CT molecular complexity index is 679. The summed E-state index contributed by atoms with van der Waals surface area (Å²) in [6.07, 6.45) is 0.816. The molecule has 1 amide bonds. The summed E-state index contributed by atoms with van der Waals surface area (Å²) < 4.78 is 10.8. The van der Waals surface area contributed by atoms with E-state index in [4.69, 9.17) is 9.26 Å². The highest BCUT2D eigenvalue weighted by Crippen LogP contribution is 2.24. The molecule has 0 saturated heterocycles. The van der Waals surface area contributed by atoms with E-state index in [-0.39, 0.29) is 11.9 Å². The Hall–Kier alpha value is -1.95. The minimum Gasteiger partial charge on any atom is -0.491 e. The number of thioether (sulfide) groups is 1. The third kappa shape index (κ3) is 3.88. The number of hydrogen-bond acceptors (Lipinski definition) is 5. The average Bonchev–Trinajstić information content (AvgIpc) is 2.86. The van der Waals surface area contributed by atoms with Gasteiger partial charge in [0.1, 0.15) is 18.1 Å². The highest BCUT2D eigenvalue weighted by atomic mass is 32.2. The smallest absolute Gasteiger partial charge is 0.230 e. The first-order valence-corrected chi connectivity index (χ1v) is 8.78. The molecule has 1 unspecified atom stereocenters. The number of nitrogens with zero attached hydrogens (tertiary/aromatic N) is 1. The minimum atomic E-state index is 0.0368. The fourth-order valence-electron chi connectivity index (χ4n) is 2.64. The number of fused-ring (bicyclic) bond motifs is 1. The molecule has 0 spiro atoms. The summed E-state index contributed by atoms with van der Waals surface area (Å²) in [5.41, 5.74) is 3.12. The second-order valence-corrected chi connectivity index (χ2v) is 6.67. The third-order valence-electron chi connectivity index (χ3n) is 3.90. The number of carbonyl (C=O) groups is 1. The Labute approximate surface area is 139 Å². The zero-order valence-corrected chi connectivity index (χ0v) is 14.1. The predicted octanol–water partition coefficient (Wildman–Crippen LogP) is 2.64. The van der Waals surface area contributed by atoms with Gasteiger partial charge in [0.2, 0.25) is 5.91 Å². The first-order chi connectivity index (χ1) is 11.1. The van der Waals surface area contributed by atoms with Gasteiger partial charge in [-0.1, -0.05) is 23.4 Å². The van der Waals surface area contributed by atoms with Gasteiger partial charge >= 0.3 is 0 Å². The van der Waals surface area contributed by atoms with E-state index in [2.05, 4.69) is 10.5 Å². The quantitative estimate of drug-likeness (QED) is 0.912. The number of hydrogen-bond donors (Lipinski definition) is 1. The number of carbonyl (C=O) groups excluding carboxylic acids is 1. The van der Waals surface area contributed by atoms with Crippen LogP contribution in [0.1, 0.15) is 22.6 Å². The van der Waals surface area contributed by atoms with E-state index in [1.165, 1.54) is 0 Å². The lowest BCUT2D eigenvalue weighted by Gasteiger charge is -2.26. The summed E-state index contributed by atoms with van der Waals surface area (Å²) in [5, 5.41) is 6.97. The SMILES string of the molecule is Cc1noc(C)c1CSCC(=O)NC1COc2ccccc2C1. The lowest BCUT2D eigenvalue weighted by Crippen LogP contribution is -2.43. The van der Waals surface area contributed by atoms with Gasteiger partial charge in [0.05, 0.1) is 17.5 Å². The average molecular weight is 332 g/mol. The maximum absolute atomic E-state index is 12.1. The number of aromatic nitrogens is 1. The summed E-state index contributed by atoms with van der Waals surface area (Å²) in [6, 6.07) is 8.00. The first-order valence-electron chi connectivity index (χ1n) is 7.63. The van der Waals surface area contributed by atoms with Crippen LogP contribution in [0.4, 0.5) is 0 Å². The van der Waals surface area contributed by atoms with Crippen LogP contribution in [0.3, 0.4) is 0 Å². The van der Waals surface area contributed by atoms with Crippen LogP contribution in [0.2, 0.25) is 0 Å². The maximum Gasteiger partial charge on any atom is 0.230 e. The molecule has 5 nitrogen and oxygen atoms in total. The van der Waals surface area contributed by atoms with Crippen LogP contribution in [-0.2, 0) is 17.0 Å². The Morgan fingerprint density at radius 2 is 2.22 bits per heavy atom. The van der Waals surface area contributed by atoms with Crippen LogP contribution in [0.25, 0.3) is 0 Å². The van der Waals surface area contributed by atoms with Gasteiger partial charge in [-0.25, -0.2) is 0 Å². The topological polar surface area (TPSA) is 64.4 Å². The lowest BCUT2D eigenvalue weighted by atomic mass is 10.0. The normalized spacial score (nSPS) is 16.5. The molecule has 6 heteroatoms. The number of nitrogens with one attached hydrogen (secondary N) is 1. The fraction of sp³-hybridized carbons (Fsp3) is 0.412. The van der Waals surface area contributed by atoms with E-state index in [0.29, 0.717) is 12.4 Å². The Morgan fingerprint density at radius 1 is 1.39 bits per heavy atom. The summed E-state index contributed by atoms with van der Waals surface area (Å²) in [4.78, 5) is 12.1.